The van der Waals surface area contributed by atoms with E-state index in [1.807, 2.05) is 0 Å². The lowest BCUT2D eigenvalue weighted by atomic mass is 10.8. The normalized spacial score (nSPS) is 11.0. The van der Waals surface area contributed by atoms with Gasteiger partial charge in [0.25, 0.3) is 20.2 Å². The zero-order chi connectivity index (χ0) is 14.0. The molecule has 102 valence electrons. The van der Waals surface area contributed by atoms with Crippen molar-refractivity contribution < 1.29 is 44.9 Å². The van der Waals surface area contributed by atoms with Crippen LogP contribution < -0.4 is 0 Å². The maximum absolute atomic E-state index is 10.7. The second-order valence-electron chi connectivity index (χ2n) is 2.01. The lowest BCUT2D eigenvalue weighted by molar-refractivity contribution is -0.0228. The third-order valence-electron chi connectivity index (χ3n) is 0.276. The van der Waals surface area contributed by atoms with Crippen LogP contribution in [0.3, 0.4) is 0 Å². The van der Waals surface area contributed by atoms with Gasteiger partial charge in [0.05, 0.1) is 0 Å². The standard InChI is InChI=1S/C2H6O2.2CH3FO3S/c1-2(3)4;2*2-1-6(3,4)5/h2-4H,1H3;2*1H2,(H,3,4,5). The molecule has 0 atom stereocenters. The summed E-state index contributed by atoms with van der Waals surface area (Å²) in [6.07, 6.45) is -1.17. The molecule has 16 heavy (non-hydrogen) atoms. The Bertz CT molecular complexity index is 298. The molecule has 8 nitrogen and oxygen atoms in total. The fourth-order valence-electron chi connectivity index (χ4n) is 0. The van der Waals surface area contributed by atoms with Crippen molar-refractivity contribution in [1.29, 1.82) is 0 Å². The predicted octanol–water partition coefficient (Wildman–Crippen LogP) is -1.08. The number of hydrogen-bond acceptors (Lipinski definition) is 6. The van der Waals surface area contributed by atoms with Gasteiger partial charge in [0.2, 0.25) is 12.0 Å². The molecular weight excluding hydrogens is 278 g/mol. The van der Waals surface area contributed by atoms with Crippen LogP contribution in [0.25, 0.3) is 0 Å². The monoisotopic (exact) mass is 290 g/mol. The highest BCUT2D eigenvalue weighted by Gasteiger charge is 1.98. The van der Waals surface area contributed by atoms with E-state index in [9.17, 15) is 25.6 Å². The molecule has 4 N–H and O–H groups in total. The maximum Gasteiger partial charge on any atom is 0.294 e. The number of halogens is 2. The second-order valence-corrected chi connectivity index (χ2v) is 4.78. The van der Waals surface area contributed by atoms with Gasteiger partial charge in [-0.1, -0.05) is 0 Å². The third kappa shape index (κ3) is 68.9. The minimum Gasteiger partial charge on any atom is -0.368 e. The zero-order valence-electron chi connectivity index (χ0n) is 7.99. The summed E-state index contributed by atoms with van der Waals surface area (Å²) in [7, 11) is -8.66. The van der Waals surface area contributed by atoms with E-state index in [-0.39, 0.29) is 0 Å². The SMILES string of the molecule is CC(O)O.O=S(=O)(O)CF.O=S(=O)(O)CF. The molecule has 0 aromatic carbocycles. The van der Waals surface area contributed by atoms with Gasteiger partial charge in [0.1, 0.15) is 6.29 Å². The summed E-state index contributed by atoms with van der Waals surface area (Å²) in [4.78, 5) is 0. The Balaban J connectivity index is -0.000000162. The molecule has 0 radical (unpaired) electrons. The average molecular weight is 290 g/mol. The highest BCUT2D eigenvalue weighted by Crippen LogP contribution is 1.78. The zero-order valence-corrected chi connectivity index (χ0v) is 9.62. The van der Waals surface area contributed by atoms with Gasteiger partial charge < -0.3 is 10.2 Å². The first-order valence-electron chi connectivity index (χ1n) is 3.24. The van der Waals surface area contributed by atoms with E-state index in [4.69, 9.17) is 19.3 Å². The van der Waals surface area contributed by atoms with Crippen LogP contribution in [0.1, 0.15) is 6.92 Å². The largest absolute Gasteiger partial charge is 0.368 e. The first-order valence-corrected chi connectivity index (χ1v) is 6.46. The first kappa shape index (κ1) is 20.9. The van der Waals surface area contributed by atoms with E-state index in [1.165, 1.54) is 6.92 Å². The molecule has 0 aliphatic heterocycles. The van der Waals surface area contributed by atoms with Crippen LogP contribution in [0.5, 0.6) is 0 Å². The Kier molecular flexibility index (Phi) is 12.8. The van der Waals surface area contributed by atoms with Crippen molar-refractivity contribution >= 4 is 20.2 Å². The van der Waals surface area contributed by atoms with Crippen LogP contribution in [0.2, 0.25) is 0 Å². The molecule has 0 heterocycles. The number of hydrogen-bond donors (Lipinski definition) is 4. The lowest BCUT2D eigenvalue weighted by Gasteiger charge is -1.80. The van der Waals surface area contributed by atoms with Gasteiger partial charge in [0.15, 0.2) is 0 Å². The van der Waals surface area contributed by atoms with Crippen molar-refractivity contribution in [2.75, 3.05) is 12.0 Å². The molecule has 0 aromatic heterocycles. The summed E-state index contributed by atoms with van der Waals surface area (Å²) in [6.45, 7) is 1.28. The van der Waals surface area contributed by atoms with E-state index < -0.39 is 38.5 Å². The molecule has 0 aliphatic rings. The second kappa shape index (κ2) is 9.80. The van der Waals surface area contributed by atoms with Crippen molar-refractivity contribution in [3.63, 3.8) is 0 Å². The third-order valence-corrected chi connectivity index (χ3v) is 0.827. The highest BCUT2D eigenvalue weighted by atomic mass is 32.2. The van der Waals surface area contributed by atoms with Crippen molar-refractivity contribution in [2.45, 2.75) is 13.2 Å². The Labute approximate surface area is 91.0 Å². The molecule has 0 amide bonds. The van der Waals surface area contributed by atoms with Crippen LogP contribution >= 0.6 is 0 Å². The summed E-state index contributed by atoms with van der Waals surface area (Å²) in [5.41, 5.74) is 0. The molecule has 0 unspecified atom stereocenters. The fraction of sp³-hybridized carbons (Fsp3) is 1.00. The van der Waals surface area contributed by atoms with Crippen molar-refractivity contribution in [3.05, 3.63) is 0 Å². The summed E-state index contributed by atoms with van der Waals surface area (Å²) in [6, 6.07) is -3.40. The molecule has 0 bridgehead atoms. The Morgan fingerprint density at radius 2 is 1.00 bits per heavy atom. The quantitative estimate of drug-likeness (QED) is 0.370. The molecule has 0 spiro atoms. The highest BCUT2D eigenvalue weighted by molar-refractivity contribution is 7.85. The summed E-state index contributed by atoms with van der Waals surface area (Å²) < 4.78 is 72.9. The van der Waals surface area contributed by atoms with Crippen LogP contribution in [-0.4, -0.2) is 54.5 Å². The van der Waals surface area contributed by atoms with Gasteiger partial charge in [-0.05, 0) is 6.92 Å². The van der Waals surface area contributed by atoms with Gasteiger partial charge in [-0.25, -0.2) is 8.78 Å². The van der Waals surface area contributed by atoms with E-state index in [0.717, 1.165) is 0 Å². The summed E-state index contributed by atoms with van der Waals surface area (Å²) in [5.74, 6) is 0. The average Bonchev–Trinajstić information content (AvgIpc) is 2.02. The van der Waals surface area contributed by atoms with Gasteiger partial charge in [-0.2, -0.15) is 16.8 Å². The number of alkyl halides is 2. The van der Waals surface area contributed by atoms with Crippen LogP contribution in [-0.2, 0) is 20.2 Å². The Hall–Kier alpha value is -0.400. The smallest absolute Gasteiger partial charge is 0.294 e. The molecule has 0 aromatic rings. The van der Waals surface area contributed by atoms with Gasteiger partial charge in [-0.3, -0.25) is 9.11 Å². The lowest BCUT2D eigenvalue weighted by Crippen LogP contribution is -1.96. The number of aliphatic hydroxyl groups excluding tert-OH is 1. The minimum atomic E-state index is -4.33. The predicted molar refractivity (Wildman–Crippen MR) is 48.9 cm³/mol. The Morgan fingerprint density at radius 3 is 1.00 bits per heavy atom. The molecular formula is C4H12F2O8S2. The molecule has 0 aliphatic carbocycles. The summed E-state index contributed by atoms with van der Waals surface area (Å²) in [5, 5.41) is 15.2. The summed E-state index contributed by atoms with van der Waals surface area (Å²) >= 11 is 0. The van der Waals surface area contributed by atoms with Crippen LogP contribution in [0, 0.1) is 0 Å². The molecule has 0 saturated heterocycles. The van der Waals surface area contributed by atoms with E-state index >= 15 is 0 Å². The molecule has 0 fully saturated rings. The van der Waals surface area contributed by atoms with Crippen LogP contribution in [0.15, 0.2) is 0 Å². The maximum atomic E-state index is 10.7. The van der Waals surface area contributed by atoms with E-state index in [0.29, 0.717) is 0 Å². The minimum absolute atomic E-state index is 1.17. The first-order chi connectivity index (χ1) is 6.85. The molecule has 0 saturated carbocycles. The van der Waals surface area contributed by atoms with E-state index in [2.05, 4.69) is 0 Å². The van der Waals surface area contributed by atoms with E-state index in [1.54, 1.807) is 0 Å². The number of aliphatic hydroxyl groups is 2. The van der Waals surface area contributed by atoms with Crippen molar-refractivity contribution in [2.24, 2.45) is 0 Å². The van der Waals surface area contributed by atoms with Gasteiger partial charge in [-0.15, -0.1) is 0 Å². The van der Waals surface area contributed by atoms with Gasteiger partial charge >= 0.3 is 0 Å². The molecule has 0 rings (SSSR count). The van der Waals surface area contributed by atoms with Crippen LogP contribution in [0.4, 0.5) is 8.78 Å². The van der Waals surface area contributed by atoms with Crippen molar-refractivity contribution in [1.82, 2.24) is 0 Å². The van der Waals surface area contributed by atoms with Gasteiger partial charge in [0, 0.05) is 0 Å². The fourth-order valence-corrected chi connectivity index (χ4v) is 0. The Morgan fingerprint density at radius 1 is 0.938 bits per heavy atom. The number of rotatable bonds is 2. The van der Waals surface area contributed by atoms with Crippen molar-refractivity contribution in [3.8, 4) is 0 Å². The topological polar surface area (TPSA) is 149 Å². The molecule has 12 heteroatoms.